The summed E-state index contributed by atoms with van der Waals surface area (Å²) >= 11 is 0. The van der Waals surface area contributed by atoms with Crippen LogP contribution in [0, 0.1) is 11.6 Å². The second-order valence-electron chi connectivity index (χ2n) is 6.27. The van der Waals surface area contributed by atoms with Crippen LogP contribution in [0.5, 0.6) is 0 Å². The largest absolute Gasteiger partial charge is 0.400 e. The van der Waals surface area contributed by atoms with Gasteiger partial charge < -0.3 is 10.4 Å². The van der Waals surface area contributed by atoms with Crippen LogP contribution >= 0.6 is 0 Å². The minimum Gasteiger partial charge on any atom is -0.400 e. The first-order valence-corrected chi connectivity index (χ1v) is 10.2. The lowest BCUT2D eigenvalue weighted by atomic mass is 10.1. The number of nitrogens with one attached hydrogen (secondary N) is 2. The Hall–Kier alpha value is -3.92. The van der Waals surface area contributed by atoms with Gasteiger partial charge in [-0.05, 0) is 36.2 Å². The van der Waals surface area contributed by atoms with Crippen molar-refractivity contribution in [1.29, 1.82) is 0 Å². The molecule has 2 aromatic heterocycles. The minimum atomic E-state index is -0.746. The van der Waals surface area contributed by atoms with Crippen LogP contribution in [0.4, 0.5) is 14.7 Å². The van der Waals surface area contributed by atoms with E-state index in [2.05, 4.69) is 20.3 Å². The molecule has 174 valence electrons. The fourth-order valence-corrected chi connectivity index (χ4v) is 2.95. The number of nitrogens with zero attached hydrogens (tertiary/aromatic N) is 3. The standard InChI is InChI=1S/C20H15F2N5O2.C2H6.CH4O/c21-13-5-3-6-14(10-13)27-18(28)15-11-24-19(25-17(15)26-20(27)29)23-9-8-12-4-1-2-7-16(12)22;2*1-2/h1-7,10-11H,8-9H2,(H2,23,24,25,26,29);1-2H3;2H,1H3. The van der Waals surface area contributed by atoms with Crippen molar-refractivity contribution < 1.29 is 13.9 Å². The maximum atomic E-state index is 13.7. The van der Waals surface area contributed by atoms with Crippen LogP contribution in [0.15, 0.2) is 64.3 Å². The molecule has 0 saturated heterocycles. The second kappa shape index (κ2) is 12.2. The van der Waals surface area contributed by atoms with Crippen molar-refractivity contribution in [1.82, 2.24) is 19.5 Å². The highest BCUT2D eigenvalue weighted by Crippen LogP contribution is 2.10. The topological polar surface area (TPSA) is 113 Å². The lowest BCUT2D eigenvalue weighted by Crippen LogP contribution is -2.34. The van der Waals surface area contributed by atoms with E-state index in [0.717, 1.165) is 17.7 Å². The zero-order valence-corrected chi connectivity index (χ0v) is 18.5. The summed E-state index contributed by atoms with van der Waals surface area (Å²) in [5, 5.41) is 10.0. The molecule has 0 spiro atoms. The molecule has 0 aliphatic carbocycles. The highest BCUT2D eigenvalue weighted by Gasteiger charge is 2.12. The van der Waals surface area contributed by atoms with Gasteiger partial charge in [0.15, 0.2) is 5.65 Å². The summed E-state index contributed by atoms with van der Waals surface area (Å²) in [7, 11) is 1.00. The van der Waals surface area contributed by atoms with Gasteiger partial charge in [-0.25, -0.2) is 23.1 Å². The zero-order chi connectivity index (χ0) is 24.4. The number of benzene rings is 2. The van der Waals surface area contributed by atoms with Gasteiger partial charge in [-0.1, -0.05) is 38.1 Å². The molecule has 33 heavy (non-hydrogen) atoms. The molecule has 3 N–H and O–H groups in total. The van der Waals surface area contributed by atoms with Gasteiger partial charge >= 0.3 is 5.69 Å². The van der Waals surface area contributed by atoms with Crippen molar-refractivity contribution in [2.75, 3.05) is 19.0 Å². The Balaban J connectivity index is 0.000000914. The Morgan fingerprint density at radius 2 is 1.79 bits per heavy atom. The average molecular weight is 457 g/mol. The lowest BCUT2D eigenvalue weighted by molar-refractivity contribution is 0.399. The monoisotopic (exact) mass is 457 g/mol. The quantitative estimate of drug-likeness (QED) is 0.425. The van der Waals surface area contributed by atoms with E-state index in [0.29, 0.717) is 18.5 Å². The Morgan fingerprint density at radius 1 is 1.06 bits per heavy atom. The predicted octanol–water partition coefficient (Wildman–Crippen LogP) is 3.04. The highest BCUT2D eigenvalue weighted by molar-refractivity contribution is 5.73. The molecule has 0 atom stereocenters. The molecule has 0 unspecified atom stereocenters. The SMILES string of the molecule is CC.CO.O=c1[nH]c2nc(NCCc3ccccc3F)ncc2c(=O)n1-c1cccc(F)c1. The third kappa shape index (κ3) is 6.07. The van der Waals surface area contributed by atoms with E-state index >= 15 is 0 Å². The number of rotatable bonds is 5. The molecule has 0 bridgehead atoms. The Bertz CT molecular complexity index is 1320. The fourth-order valence-electron chi connectivity index (χ4n) is 2.95. The van der Waals surface area contributed by atoms with E-state index < -0.39 is 17.1 Å². The van der Waals surface area contributed by atoms with E-state index in [9.17, 15) is 18.4 Å². The Kier molecular flexibility index (Phi) is 9.37. The maximum absolute atomic E-state index is 13.7. The Labute approximate surface area is 188 Å². The number of hydrogen-bond donors (Lipinski definition) is 3. The number of fused-ring (bicyclic) bond motifs is 1. The number of aromatic amines is 1. The van der Waals surface area contributed by atoms with Crippen LogP contribution in [0.1, 0.15) is 19.4 Å². The van der Waals surface area contributed by atoms with Gasteiger partial charge in [-0.3, -0.25) is 9.78 Å². The molecular formula is C23H25F2N5O3. The molecule has 0 aliphatic rings. The van der Waals surface area contributed by atoms with Crippen LogP contribution < -0.4 is 16.6 Å². The third-order valence-corrected chi connectivity index (χ3v) is 4.35. The van der Waals surface area contributed by atoms with Gasteiger partial charge in [0.25, 0.3) is 5.56 Å². The van der Waals surface area contributed by atoms with Crippen LogP contribution in [0.2, 0.25) is 0 Å². The van der Waals surface area contributed by atoms with Crippen molar-refractivity contribution in [3.05, 3.63) is 92.8 Å². The minimum absolute atomic E-state index is 0.0519. The maximum Gasteiger partial charge on any atom is 0.334 e. The van der Waals surface area contributed by atoms with Crippen LogP contribution in [0.3, 0.4) is 0 Å². The first-order valence-electron chi connectivity index (χ1n) is 10.2. The van der Waals surface area contributed by atoms with Gasteiger partial charge in [0.1, 0.15) is 17.0 Å². The van der Waals surface area contributed by atoms with Gasteiger partial charge in [0.2, 0.25) is 5.95 Å². The molecule has 0 aliphatic heterocycles. The fraction of sp³-hybridized carbons (Fsp3) is 0.217. The van der Waals surface area contributed by atoms with Crippen LogP contribution in [-0.4, -0.2) is 38.3 Å². The summed E-state index contributed by atoms with van der Waals surface area (Å²) in [5.41, 5.74) is -0.704. The summed E-state index contributed by atoms with van der Waals surface area (Å²) in [5.74, 6) is -0.678. The first-order chi connectivity index (χ1) is 16.0. The normalized spacial score (nSPS) is 10.0. The van der Waals surface area contributed by atoms with E-state index in [1.54, 1.807) is 18.2 Å². The molecule has 0 fully saturated rings. The van der Waals surface area contributed by atoms with Crippen molar-refractivity contribution in [2.24, 2.45) is 0 Å². The smallest absolute Gasteiger partial charge is 0.334 e. The van der Waals surface area contributed by atoms with Crippen molar-refractivity contribution >= 4 is 17.0 Å². The van der Waals surface area contributed by atoms with E-state index in [-0.39, 0.29) is 28.5 Å². The van der Waals surface area contributed by atoms with E-state index in [1.165, 1.54) is 30.5 Å². The number of halogens is 2. The summed E-state index contributed by atoms with van der Waals surface area (Å²) in [6.45, 7) is 4.36. The van der Waals surface area contributed by atoms with Crippen molar-refractivity contribution in [2.45, 2.75) is 20.3 Å². The molecule has 8 nitrogen and oxygen atoms in total. The Morgan fingerprint density at radius 3 is 2.48 bits per heavy atom. The number of anilines is 1. The van der Waals surface area contributed by atoms with Gasteiger partial charge in [0.05, 0.1) is 5.69 Å². The number of aliphatic hydroxyl groups excluding tert-OH is 1. The average Bonchev–Trinajstić information content (AvgIpc) is 2.83. The van der Waals surface area contributed by atoms with Crippen molar-refractivity contribution in [3.8, 4) is 5.69 Å². The molecule has 0 amide bonds. The molecule has 4 rings (SSSR count). The molecule has 2 heterocycles. The number of aliphatic hydroxyl groups is 1. The molecular weight excluding hydrogens is 432 g/mol. The summed E-state index contributed by atoms with van der Waals surface area (Å²) < 4.78 is 27.9. The summed E-state index contributed by atoms with van der Waals surface area (Å²) in [6.07, 6.45) is 1.69. The third-order valence-electron chi connectivity index (χ3n) is 4.35. The van der Waals surface area contributed by atoms with Gasteiger partial charge in [0, 0.05) is 19.9 Å². The molecule has 10 heteroatoms. The number of H-pyrrole nitrogens is 1. The van der Waals surface area contributed by atoms with E-state index in [1.807, 2.05) is 13.8 Å². The summed E-state index contributed by atoms with van der Waals surface area (Å²) in [4.78, 5) is 35.8. The van der Waals surface area contributed by atoms with Crippen LogP contribution in [0.25, 0.3) is 16.7 Å². The summed E-state index contributed by atoms with van der Waals surface area (Å²) in [6, 6.07) is 11.6. The number of aromatic nitrogens is 4. The molecule has 2 aromatic carbocycles. The first kappa shape index (κ1) is 25.3. The molecule has 4 aromatic rings. The molecule has 0 saturated carbocycles. The lowest BCUT2D eigenvalue weighted by Gasteiger charge is -2.08. The predicted molar refractivity (Wildman–Crippen MR) is 124 cm³/mol. The number of hydrogen-bond acceptors (Lipinski definition) is 6. The van der Waals surface area contributed by atoms with Crippen molar-refractivity contribution in [3.63, 3.8) is 0 Å². The molecule has 0 radical (unpaired) electrons. The highest BCUT2D eigenvalue weighted by atomic mass is 19.1. The van der Waals surface area contributed by atoms with Gasteiger partial charge in [-0.15, -0.1) is 0 Å². The van der Waals surface area contributed by atoms with Crippen LogP contribution in [-0.2, 0) is 6.42 Å². The zero-order valence-electron chi connectivity index (χ0n) is 18.5. The van der Waals surface area contributed by atoms with E-state index in [4.69, 9.17) is 5.11 Å². The second-order valence-corrected chi connectivity index (χ2v) is 6.27. The van der Waals surface area contributed by atoms with Gasteiger partial charge in [-0.2, -0.15) is 4.98 Å².